The number of benzene rings is 3. The van der Waals surface area contributed by atoms with Crippen LogP contribution in [0.1, 0.15) is 29.5 Å². The molecule has 0 heterocycles. The maximum atomic E-state index is 13.0. The monoisotopic (exact) mass is 610 g/mol. The summed E-state index contributed by atoms with van der Waals surface area (Å²) in [6.45, 7) is 1.10. The normalized spacial score (nSPS) is 11.1. The molecule has 0 radical (unpaired) electrons. The van der Waals surface area contributed by atoms with Crippen molar-refractivity contribution in [1.82, 2.24) is 5.32 Å². The van der Waals surface area contributed by atoms with Crippen LogP contribution in [-0.2, 0) is 32.3 Å². The first-order chi connectivity index (χ1) is 20.4. The molecule has 42 heavy (non-hydrogen) atoms. The van der Waals surface area contributed by atoms with Crippen LogP contribution >= 0.6 is 23.2 Å². The molecule has 3 rings (SSSR count). The van der Waals surface area contributed by atoms with Gasteiger partial charge in [-0.25, -0.2) is 9.59 Å². The molecule has 3 aromatic rings. The molecule has 0 aliphatic rings. The van der Waals surface area contributed by atoms with Gasteiger partial charge in [-0.2, -0.15) is 5.26 Å². The van der Waals surface area contributed by atoms with Crippen molar-refractivity contribution >= 4 is 52.5 Å². The van der Waals surface area contributed by atoms with E-state index in [1.807, 2.05) is 53.4 Å². The Balaban J connectivity index is 1.65. The van der Waals surface area contributed by atoms with E-state index in [0.29, 0.717) is 41.8 Å². The average Bonchev–Trinajstić information content (AvgIpc) is 3.01. The number of rotatable bonds is 15. The smallest absolute Gasteiger partial charge is 0.329 e. The molecule has 0 saturated carbocycles. The van der Waals surface area contributed by atoms with Gasteiger partial charge in [-0.15, -0.1) is 23.2 Å². The van der Waals surface area contributed by atoms with E-state index >= 15 is 0 Å². The lowest BCUT2D eigenvalue weighted by Gasteiger charge is -2.24. The number of hydrogen-bond donors (Lipinski definition) is 2. The molecule has 1 atom stereocenters. The van der Waals surface area contributed by atoms with Gasteiger partial charge in [0.1, 0.15) is 25.3 Å². The zero-order valence-corrected chi connectivity index (χ0v) is 24.4. The van der Waals surface area contributed by atoms with Gasteiger partial charge in [-0.3, -0.25) is 4.79 Å². The lowest BCUT2D eigenvalue weighted by Crippen LogP contribution is -2.44. The molecule has 0 fully saturated rings. The molecule has 11 heteroatoms. The molecule has 0 bridgehead atoms. The van der Waals surface area contributed by atoms with E-state index < -0.39 is 24.0 Å². The zero-order chi connectivity index (χ0) is 30.2. The second-order valence-corrected chi connectivity index (χ2v) is 9.89. The summed E-state index contributed by atoms with van der Waals surface area (Å²) in [5, 5.41) is 14.9. The standard InChI is InChI=1S/C31H32Cl2N4O5/c32-15-17-37(18-16-33)28-13-11-26(19-25(28)20-34)35-31(40)36-27(30(39)42-22-24-9-5-2-6-10-24)12-14-29(38)41-21-23-7-3-1-4-8-23/h1-11,13,19,27H,12,14-18,21-22H2,(H2,35,36,40)/t27-/m0/s1. The fourth-order valence-electron chi connectivity index (χ4n) is 4.01. The third-order valence-corrected chi connectivity index (χ3v) is 6.46. The van der Waals surface area contributed by atoms with Crippen LogP contribution in [0.5, 0.6) is 0 Å². The molecule has 2 amide bonds. The summed E-state index contributed by atoms with van der Waals surface area (Å²) in [4.78, 5) is 40.1. The summed E-state index contributed by atoms with van der Waals surface area (Å²) in [7, 11) is 0. The van der Waals surface area contributed by atoms with Crippen molar-refractivity contribution in [2.45, 2.75) is 32.1 Å². The fraction of sp³-hybridized carbons (Fsp3) is 0.290. The van der Waals surface area contributed by atoms with Crippen LogP contribution in [0.3, 0.4) is 0 Å². The summed E-state index contributed by atoms with van der Waals surface area (Å²) in [5.41, 5.74) is 2.91. The zero-order valence-electron chi connectivity index (χ0n) is 22.9. The molecule has 3 aromatic carbocycles. The minimum absolute atomic E-state index is 0.00597. The predicted molar refractivity (Wildman–Crippen MR) is 162 cm³/mol. The second-order valence-electron chi connectivity index (χ2n) is 9.14. The molecule has 0 spiro atoms. The third kappa shape index (κ3) is 10.6. The van der Waals surface area contributed by atoms with Crippen molar-refractivity contribution < 1.29 is 23.9 Å². The van der Waals surface area contributed by atoms with Gasteiger partial charge >= 0.3 is 18.0 Å². The number of anilines is 2. The number of esters is 2. The Bertz CT molecular complexity index is 1350. The quantitative estimate of drug-likeness (QED) is 0.170. The first-order valence-electron chi connectivity index (χ1n) is 13.3. The van der Waals surface area contributed by atoms with Crippen molar-refractivity contribution in [2.75, 3.05) is 35.1 Å². The summed E-state index contributed by atoms with van der Waals surface area (Å²) < 4.78 is 10.7. The molecule has 0 aliphatic carbocycles. The number of amides is 2. The Labute approximate surface area is 255 Å². The first-order valence-corrected chi connectivity index (χ1v) is 14.4. The first kappa shape index (κ1) is 32.3. The predicted octanol–water partition coefficient (Wildman–Crippen LogP) is 5.60. The van der Waals surface area contributed by atoms with Crippen molar-refractivity contribution in [1.29, 1.82) is 5.26 Å². The van der Waals surface area contributed by atoms with Crippen LogP contribution in [0.25, 0.3) is 0 Å². The van der Waals surface area contributed by atoms with Crippen molar-refractivity contribution in [3.8, 4) is 6.07 Å². The highest BCUT2D eigenvalue weighted by Crippen LogP contribution is 2.24. The van der Waals surface area contributed by atoms with E-state index in [9.17, 15) is 19.6 Å². The van der Waals surface area contributed by atoms with Gasteiger partial charge in [0.05, 0.1) is 11.3 Å². The lowest BCUT2D eigenvalue weighted by molar-refractivity contribution is -0.148. The summed E-state index contributed by atoms with van der Waals surface area (Å²) in [6.07, 6.45) is -0.161. The van der Waals surface area contributed by atoms with Crippen molar-refractivity contribution in [2.24, 2.45) is 0 Å². The number of nitrogens with zero attached hydrogens (tertiary/aromatic N) is 2. The largest absolute Gasteiger partial charge is 0.461 e. The van der Waals surface area contributed by atoms with Crippen LogP contribution in [0, 0.1) is 11.3 Å². The van der Waals surface area contributed by atoms with Gasteiger partial charge in [-0.1, -0.05) is 60.7 Å². The van der Waals surface area contributed by atoms with Gasteiger partial charge < -0.3 is 25.0 Å². The Kier molecular flexibility index (Phi) is 13.5. The van der Waals surface area contributed by atoms with Crippen LogP contribution < -0.4 is 15.5 Å². The molecular weight excluding hydrogens is 579 g/mol. The second kappa shape index (κ2) is 17.5. The molecule has 220 valence electrons. The highest BCUT2D eigenvalue weighted by molar-refractivity contribution is 6.18. The number of hydrogen-bond acceptors (Lipinski definition) is 7. The molecule has 9 nitrogen and oxygen atoms in total. The molecule has 0 aliphatic heterocycles. The summed E-state index contributed by atoms with van der Waals surface area (Å²) in [6, 6.07) is 23.5. The lowest BCUT2D eigenvalue weighted by atomic mass is 10.1. The van der Waals surface area contributed by atoms with E-state index in [4.69, 9.17) is 32.7 Å². The Morgan fingerprint density at radius 3 is 2.02 bits per heavy atom. The number of nitriles is 1. The number of nitrogens with one attached hydrogen (secondary N) is 2. The van der Waals surface area contributed by atoms with E-state index in [0.717, 1.165) is 11.1 Å². The molecule has 2 N–H and O–H groups in total. The van der Waals surface area contributed by atoms with Crippen LogP contribution in [0.2, 0.25) is 0 Å². The van der Waals surface area contributed by atoms with Crippen LogP contribution in [0.4, 0.5) is 16.2 Å². The maximum Gasteiger partial charge on any atom is 0.329 e. The summed E-state index contributed by atoms with van der Waals surface area (Å²) in [5.74, 6) is -0.511. The van der Waals surface area contributed by atoms with Gasteiger partial charge in [0, 0.05) is 37.0 Å². The van der Waals surface area contributed by atoms with Crippen molar-refractivity contribution in [3.63, 3.8) is 0 Å². The van der Waals surface area contributed by atoms with Gasteiger partial charge in [0.15, 0.2) is 0 Å². The number of ether oxygens (including phenoxy) is 2. The fourth-order valence-corrected chi connectivity index (χ4v) is 4.42. The minimum Gasteiger partial charge on any atom is -0.461 e. The molecular formula is C31H32Cl2N4O5. The van der Waals surface area contributed by atoms with Crippen molar-refractivity contribution in [3.05, 3.63) is 95.6 Å². The number of urea groups is 1. The number of alkyl halides is 2. The molecule has 0 aromatic heterocycles. The summed E-state index contributed by atoms with van der Waals surface area (Å²) >= 11 is 11.8. The third-order valence-electron chi connectivity index (χ3n) is 6.12. The van der Waals surface area contributed by atoms with E-state index in [1.54, 1.807) is 24.3 Å². The SMILES string of the molecule is N#Cc1cc(NC(=O)N[C@@H](CCC(=O)OCc2ccccc2)C(=O)OCc2ccccc2)ccc1N(CCCl)CCCl. The number of carbonyl (C=O) groups is 3. The Morgan fingerprint density at radius 2 is 1.45 bits per heavy atom. The van der Waals surface area contributed by atoms with Gasteiger partial charge in [0.25, 0.3) is 0 Å². The van der Waals surface area contributed by atoms with Crippen LogP contribution in [0.15, 0.2) is 78.9 Å². The number of halogens is 2. The van der Waals surface area contributed by atoms with Gasteiger partial charge in [-0.05, 0) is 35.7 Å². The molecule has 0 saturated heterocycles. The highest BCUT2D eigenvalue weighted by Gasteiger charge is 2.24. The Morgan fingerprint density at radius 1 is 0.857 bits per heavy atom. The Hall–Kier alpha value is -4.26. The maximum absolute atomic E-state index is 13.0. The highest BCUT2D eigenvalue weighted by atomic mass is 35.5. The topological polar surface area (TPSA) is 121 Å². The van der Waals surface area contributed by atoms with E-state index in [-0.39, 0.29) is 26.1 Å². The van der Waals surface area contributed by atoms with E-state index in [2.05, 4.69) is 16.7 Å². The number of carbonyl (C=O) groups excluding carboxylic acids is 3. The van der Waals surface area contributed by atoms with E-state index in [1.165, 1.54) is 6.07 Å². The minimum atomic E-state index is -1.13. The van der Waals surface area contributed by atoms with Crippen LogP contribution in [-0.4, -0.2) is 48.9 Å². The average molecular weight is 612 g/mol. The molecule has 0 unspecified atom stereocenters. The van der Waals surface area contributed by atoms with Gasteiger partial charge in [0.2, 0.25) is 0 Å².